The Labute approximate surface area is 105 Å². The average molecular weight is 232 g/mol. The lowest BCUT2D eigenvalue weighted by molar-refractivity contribution is 0.127. The first-order valence-electron chi connectivity index (χ1n) is 6.64. The Bertz CT molecular complexity index is 334. The molecular formula is C15H24N2. The Hall–Kier alpha value is -0.860. The van der Waals surface area contributed by atoms with E-state index in [2.05, 4.69) is 61.4 Å². The molecular weight excluding hydrogens is 208 g/mol. The van der Waals surface area contributed by atoms with Gasteiger partial charge in [-0.15, -0.1) is 0 Å². The number of rotatable bonds is 3. The molecule has 1 aliphatic rings. The maximum Gasteiger partial charge on any atom is 0.0241 e. The number of piperazine rings is 1. The first-order valence-corrected chi connectivity index (χ1v) is 6.64. The van der Waals surface area contributed by atoms with Crippen LogP contribution in [0.3, 0.4) is 0 Å². The molecule has 2 atom stereocenters. The van der Waals surface area contributed by atoms with Gasteiger partial charge in [-0.05, 0) is 24.9 Å². The zero-order chi connectivity index (χ0) is 12.3. The van der Waals surface area contributed by atoms with Crippen LogP contribution in [0.15, 0.2) is 30.3 Å². The molecule has 1 N–H and O–H groups in total. The van der Waals surface area contributed by atoms with Crippen LogP contribution in [-0.2, 0) is 6.42 Å². The molecule has 2 nitrogen and oxygen atoms in total. The maximum absolute atomic E-state index is 3.69. The summed E-state index contributed by atoms with van der Waals surface area (Å²) in [6.07, 6.45) is 1.13. The molecule has 0 radical (unpaired) electrons. The van der Waals surface area contributed by atoms with Crippen molar-refractivity contribution in [2.45, 2.75) is 32.4 Å². The van der Waals surface area contributed by atoms with Crippen molar-refractivity contribution in [2.24, 2.45) is 5.92 Å². The van der Waals surface area contributed by atoms with E-state index in [1.54, 1.807) is 0 Å². The second kappa shape index (κ2) is 5.65. The van der Waals surface area contributed by atoms with Crippen molar-refractivity contribution in [1.82, 2.24) is 10.2 Å². The van der Waals surface area contributed by atoms with Gasteiger partial charge in [-0.1, -0.05) is 44.2 Å². The molecule has 0 amide bonds. The number of hydrogen-bond donors (Lipinski definition) is 1. The van der Waals surface area contributed by atoms with Crippen molar-refractivity contribution in [2.75, 3.05) is 20.1 Å². The lowest BCUT2D eigenvalue weighted by Crippen LogP contribution is -2.57. The lowest BCUT2D eigenvalue weighted by atomic mass is 9.96. The van der Waals surface area contributed by atoms with E-state index in [-0.39, 0.29) is 0 Å². The second-order valence-electron chi connectivity index (χ2n) is 5.55. The van der Waals surface area contributed by atoms with Crippen molar-refractivity contribution < 1.29 is 0 Å². The fraction of sp³-hybridized carbons (Fsp3) is 0.600. The molecule has 1 heterocycles. The topological polar surface area (TPSA) is 15.3 Å². The molecule has 0 spiro atoms. The van der Waals surface area contributed by atoms with Crippen LogP contribution in [0, 0.1) is 5.92 Å². The van der Waals surface area contributed by atoms with Gasteiger partial charge < -0.3 is 10.2 Å². The van der Waals surface area contributed by atoms with Crippen molar-refractivity contribution >= 4 is 0 Å². The Balaban J connectivity index is 1.90. The minimum atomic E-state index is 0.595. The average Bonchev–Trinajstić information content (AvgIpc) is 2.30. The highest BCUT2D eigenvalue weighted by Crippen LogP contribution is 2.15. The Kier molecular flexibility index (Phi) is 4.19. The van der Waals surface area contributed by atoms with E-state index in [0.29, 0.717) is 12.1 Å². The van der Waals surface area contributed by atoms with Crippen LogP contribution in [0.1, 0.15) is 19.4 Å². The number of likely N-dealkylation sites (N-methyl/N-ethyl adjacent to an activating group) is 1. The molecule has 2 rings (SSSR count). The van der Waals surface area contributed by atoms with Gasteiger partial charge in [0.2, 0.25) is 0 Å². The molecule has 0 saturated carbocycles. The van der Waals surface area contributed by atoms with E-state index in [1.165, 1.54) is 5.56 Å². The van der Waals surface area contributed by atoms with Crippen molar-refractivity contribution in [3.8, 4) is 0 Å². The summed E-state index contributed by atoms with van der Waals surface area (Å²) in [5, 5.41) is 3.69. The van der Waals surface area contributed by atoms with E-state index in [9.17, 15) is 0 Å². The van der Waals surface area contributed by atoms with Crippen LogP contribution >= 0.6 is 0 Å². The standard InChI is InChI=1S/C15H24N2/c1-12(2)15-10-16-14(11-17(15)3)9-13-7-5-4-6-8-13/h4-8,12,14-16H,9-11H2,1-3H3. The van der Waals surface area contributed by atoms with Crippen molar-refractivity contribution in [1.29, 1.82) is 0 Å². The first kappa shape index (κ1) is 12.6. The highest BCUT2D eigenvalue weighted by atomic mass is 15.2. The molecule has 17 heavy (non-hydrogen) atoms. The quantitative estimate of drug-likeness (QED) is 0.859. The monoisotopic (exact) mass is 232 g/mol. The van der Waals surface area contributed by atoms with Gasteiger partial charge in [0.25, 0.3) is 0 Å². The van der Waals surface area contributed by atoms with Gasteiger partial charge in [-0.2, -0.15) is 0 Å². The summed E-state index contributed by atoms with van der Waals surface area (Å²) in [7, 11) is 2.25. The zero-order valence-corrected chi connectivity index (χ0v) is 11.2. The van der Waals surface area contributed by atoms with Gasteiger partial charge in [0.1, 0.15) is 0 Å². The highest BCUT2D eigenvalue weighted by molar-refractivity contribution is 5.16. The zero-order valence-electron chi connectivity index (χ0n) is 11.2. The van der Waals surface area contributed by atoms with Gasteiger partial charge in [-0.3, -0.25) is 0 Å². The molecule has 0 aromatic heterocycles. The van der Waals surface area contributed by atoms with Crippen LogP contribution in [0.4, 0.5) is 0 Å². The SMILES string of the molecule is CC(C)C1CNC(Cc2ccccc2)CN1C. The Morgan fingerprint density at radius 3 is 2.59 bits per heavy atom. The summed E-state index contributed by atoms with van der Waals surface area (Å²) >= 11 is 0. The second-order valence-corrected chi connectivity index (χ2v) is 5.55. The van der Waals surface area contributed by atoms with Crippen LogP contribution in [0.25, 0.3) is 0 Å². The third-order valence-electron chi connectivity index (χ3n) is 3.78. The maximum atomic E-state index is 3.69. The number of hydrogen-bond acceptors (Lipinski definition) is 2. The third-order valence-corrected chi connectivity index (χ3v) is 3.78. The molecule has 0 bridgehead atoms. The third kappa shape index (κ3) is 3.30. The van der Waals surface area contributed by atoms with Gasteiger partial charge >= 0.3 is 0 Å². The summed E-state index contributed by atoms with van der Waals surface area (Å²) in [5.74, 6) is 0.727. The molecule has 1 aliphatic heterocycles. The highest BCUT2D eigenvalue weighted by Gasteiger charge is 2.26. The van der Waals surface area contributed by atoms with E-state index in [1.807, 2.05) is 0 Å². The summed E-state index contributed by atoms with van der Waals surface area (Å²) in [6.45, 7) is 6.88. The molecule has 2 unspecified atom stereocenters. The normalized spacial score (nSPS) is 26.4. The predicted octanol–water partition coefficient (Wildman–Crippen LogP) is 2.16. The fourth-order valence-corrected chi connectivity index (χ4v) is 2.77. The van der Waals surface area contributed by atoms with Gasteiger partial charge in [-0.25, -0.2) is 0 Å². The van der Waals surface area contributed by atoms with Crippen LogP contribution in [-0.4, -0.2) is 37.1 Å². The number of nitrogens with one attached hydrogen (secondary N) is 1. The summed E-state index contributed by atoms with van der Waals surface area (Å²) in [6, 6.07) is 12.0. The number of benzene rings is 1. The van der Waals surface area contributed by atoms with Crippen LogP contribution < -0.4 is 5.32 Å². The molecule has 1 fully saturated rings. The van der Waals surface area contributed by atoms with Crippen LogP contribution in [0.2, 0.25) is 0 Å². The van der Waals surface area contributed by atoms with Gasteiger partial charge in [0.15, 0.2) is 0 Å². The summed E-state index contributed by atoms with van der Waals surface area (Å²) < 4.78 is 0. The largest absolute Gasteiger partial charge is 0.311 e. The fourth-order valence-electron chi connectivity index (χ4n) is 2.77. The van der Waals surface area contributed by atoms with Gasteiger partial charge in [0, 0.05) is 25.2 Å². The minimum Gasteiger partial charge on any atom is -0.311 e. The number of nitrogens with zero attached hydrogens (tertiary/aromatic N) is 1. The predicted molar refractivity (Wildman–Crippen MR) is 73.2 cm³/mol. The van der Waals surface area contributed by atoms with E-state index >= 15 is 0 Å². The molecule has 1 saturated heterocycles. The van der Waals surface area contributed by atoms with Crippen LogP contribution in [0.5, 0.6) is 0 Å². The van der Waals surface area contributed by atoms with E-state index < -0.39 is 0 Å². The molecule has 0 aliphatic carbocycles. The summed E-state index contributed by atoms with van der Waals surface area (Å²) in [5.41, 5.74) is 1.43. The Morgan fingerprint density at radius 2 is 2.00 bits per heavy atom. The van der Waals surface area contributed by atoms with E-state index in [4.69, 9.17) is 0 Å². The smallest absolute Gasteiger partial charge is 0.0241 e. The molecule has 94 valence electrons. The van der Waals surface area contributed by atoms with Gasteiger partial charge in [0.05, 0.1) is 0 Å². The van der Waals surface area contributed by atoms with Crippen molar-refractivity contribution in [3.63, 3.8) is 0 Å². The molecule has 2 heteroatoms. The first-order chi connectivity index (χ1) is 8.16. The minimum absolute atomic E-state index is 0.595. The van der Waals surface area contributed by atoms with E-state index in [0.717, 1.165) is 25.4 Å². The molecule has 1 aromatic carbocycles. The summed E-state index contributed by atoms with van der Waals surface area (Å²) in [4.78, 5) is 2.51. The Morgan fingerprint density at radius 1 is 1.29 bits per heavy atom. The lowest BCUT2D eigenvalue weighted by Gasteiger charge is -2.40. The molecule has 1 aromatic rings. The van der Waals surface area contributed by atoms with Crippen molar-refractivity contribution in [3.05, 3.63) is 35.9 Å².